The minimum absolute atomic E-state index is 0.00950. The molecule has 0 unspecified atom stereocenters. The van der Waals surface area contributed by atoms with E-state index >= 15 is 0 Å². The van der Waals surface area contributed by atoms with Crippen LogP contribution in [0.1, 0.15) is 81.6 Å². The van der Waals surface area contributed by atoms with Crippen LogP contribution in [0.5, 0.6) is 0 Å². The van der Waals surface area contributed by atoms with Crippen LogP contribution in [0.4, 0.5) is 0 Å². The molecular formula is C24H31N3O3. The van der Waals surface area contributed by atoms with E-state index < -0.39 is 0 Å². The summed E-state index contributed by atoms with van der Waals surface area (Å²) < 4.78 is 5.92. The molecular weight excluding hydrogens is 378 g/mol. The van der Waals surface area contributed by atoms with Crippen molar-refractivity contribution < 1.29 is 14.0 Å². The maximum Gasteiger partial charge on any atom is 0.276 e. The van der Waals surface area contributed by atoms with E-state index in [4.69, 9.17) is 4.42 Å². The lowest BCUT2D eigenvalue weighted by molar-refractivity contribution is 0.0703. The molecule has 30 heavy (non-hydrogen) atoms. The molecule has 0 radical (unpaired) electrons. The molecule has 6 heteroatoms. The van der Waals surface area contributed by atoms with Gasteiger partial charge in [-0.2, -0.15) is 0 Å². The number of piperidine rings is 2. The molecule has 3 heterocycles. The molecule has 0 bridgehead atoms. The van der Waals surface area contributed by atoms with E-state index in [1.807, 2.05) is 48.8 Å². The van der Waals surface area contributed by atoms with Gasteiger partial charge in [0.1, 0.15) is 5.76 Å². The average Bonchev–Trinajstić information content (AvgIpc) is 3.16. The van der Waals surface area contributed by atoms with E-state index in [2.05, 4.69) is 4.98 Å². The van der Waals surface area contributed by atoms with Crippen molar-refractivity contribution in [3.63, 3.8) is 0 Å². The van der Waals surface area contributed by atoms with Crippen molar-refractivity contribution in [2.24, 2.45) is 0 Å². The third kappa shape index (κ3) is 4.13. The number of aromatic nitrogens is 1. The Labute approximate surface area is 178 Å². The molecule has 2 fully saturated rings. The molecule has 0 spiro atoms. The van der Waals surface area contributed by atoms with E-state index in [9.17, 15) is 9.59 Å². The monoisotopic (exact) mass is 409 g/mol. The van der Waals surface area contributed by atoms with Crippen molar-refractivity contribution in [1.29, 1.82) is 0 Å². The van der Waals surface area contributed by atoms with Crippen LogP contribution >= 0.6 is 0 Å². The summed E-state index contributed by atoms with van der Waals surface area (Å²) in [6.07, 6.45) is 4.90. The molecule has 0 saturated carbocycles. The van der Waals surface area contributed by atoms with Gasteiger partial charge in [-0.3, -0.25) is 9.59 Å². The fourth-order valence-electron chi connectivity index (χ4n) is 4.50. The Morgan fingerprint density at radius 3 is 2.30 bits per heavy atom. The second kappa shape index (κ2) is 8.62. The summed E-state index contributed by atoms with van der Waals surface area (Å²) in [5.41, 5.74) is 3.35. The van der Waals surface area contributed by atoms with E-state index in [1.54, 1.807) is 0 Å². The number of hydrogen-bond acceptors (Lipinski definition) is 4. The van der Waals surface area contributed by atoms with E-state index in [-0.39, 0.29) is 17.7 Å². The molecule has 2 aliphatic heterocycles. The fourth-order valence-corrected chi connectivity index (χ4v) is 4.50. The third-order valence-electron chi connectivity index (χ3n) is 6.41. The lowest BCUT2D eigenvalue weighted by Gasteiger charge is -2.31. The van der Waals surface area contributed by atoms with Crippen LogP contribution in [0.2, 0.25) is 0 Å². The first kappa shape index (κ1) is 20.6. The molecule has 160 valence electrons. The second-order valence-electron chi connectivity index (χ2n) is 8.69. The standard InChI is InChI=1S/C24H31N3O3/c1-16-7-8-17(2)20(15-16)23(28)27-13-9-19(10-14-27)22-25-21(18(3)30-22)24(29)26-11-5-4-6-12-26/h7-8,15,19H,4-6,9-14H2,1-3H3. The fraction of sp³-hybridized carbons (Fsp3) is 0.542. The summed E-state index contributed by atoms with van der Waals surface area (Å²) in [4.78, 5) is 34.2. The number of carbonyl (C=O) groups is 2. The van der Waals surface area contributed by atoms with Crippen molar-refractivity contribution in [1.82, 2.24) is 14.8 Å². The predicted octanol–water partition coefficient (Wildman–Crippen LogP) is 4.25. The maximum atomic E-state index is 13.0. The smallest absolute Gasteiger partial charge is 0.276 e. The highest BCUT2D eigenvalue weighted by molar-refractivity contribution is 5.96. The first-order valence-electron chi connectivity index (χ1n) is 11.1. The zero-order valence-corrected chi connectivity index (χ0v) is 18.2. The van der Waals surface area contributed by atoms with Gasteiger partial charge in [-0.25, -0.2) is 4.98 Å². The van der Waals surface area contributed by atoms with Gasteiger partial charge >= 0.3 is 0 Å². The minimum atomic E-state index is -0.00950. The lowest BCUT2D eigenvalue weighted by Crippen LogP contribution is -2.38. The van der Waals surface area contributed by atoms with Crippen LogP contribution in [0.15, 0.2) is 22.6 Å². The van der Waals surface area contributed by atoms with Crippen LogP contribution < -0.4 is 0 Å². The number of nitrogens with zero attached hydrogens (tertiary/aromatic N) is 3. The number of aryl methyl sites for hydroxylation is 3. The van der Waals surface area contributed by atoms with Crippen molar-refractivity contribution in [3.8, 4) is 0 Å². The lowest BCUT2D eigenvalue weighted by atomic mass is 9.95. The summed E-state index contributed by atoms with van der Waals surface area (Å²) >= 11 is 0. The first-order valence-corrected chi connectivity index (χ1v) is 11.1. The molecule has 2 amide bonds. The summed E-state index contributed by atoms with van der Waals surface area (Å²) in [7, 11) is 0. The number of amides is 2. The number of oxazole rings is 1. The molecule has 6 nitrogen and oxygen atoms in total. The van der Waals surface area contributed by atoms with Crippen LogP contribution in [0, 0.1) is 20.8 Å². The number of hydrogen-bond donors (Lipinski definition) is 0. The Balaban J connectivity index is 1.41. The van der Waals surface area contributed by atoms with Gasteiger partial charge in [-0.05, 0) is 64.5 Å². The van der Waals surface area contributed by atoms with Gasteiger partial charge in [0.05, 0.1) is 0 Å². The first-order chi connectivity index (χ1) is 14.4. The topological polar surface area (TPSA) is 66.7 Å². The highest BCUT2D eigenvalue weighted by Crippen LogP contribution is 2.30. The molecule has 2 aliphatic rings. The van der Waals surface area contributed by atoms with Crippen molar-refractivity contribution in [3.05, 3.63) is 52.2 Å². The molecule has 0 N–H and O–H groups in total. The van der Waals surface area contributed by atoms with Gasteiger partial charge < -0.3 is 14.2 Å². The number of likely N-dealkylation sites (tertiary alicyclic amines) is 2. The molecule has 1 aromatic heterocycles. The minimum Gasteiger partial charge on any atom is -0.445 e. The molecule has 4 rings (SSSR count). The highest BCUT2D eigenvalue weighted by atomic mass is 16.4. The van der Waals surface area contributed by atoms with Gasteiger partial charge in [0.25, 0.3) is 11.8 Å². The number of carbonyl (C=O) groups excluding carboxylic acids is 2. The normalized spacial score (nSPS) is 18.0. The van der Waals surface area contributed by atoms with Gasteiger partial charge in [0, 0.05) is 37.7 Å². The summed E-state index contributed by atoms with van der Waals surface area (Å²) in [6.45, 7) is 8.78. The Bertz CT molecular complexity index is 935. The Kier molecular flexibility index (Phi) is 5.93. The van der Waals surface area contributed by atoms with Crippen molar-refractivity contribution in [2.75, 3.05) is 26.2 Å². The van der Waals surface area contributed by atoms with Crippen LogP contribution in [-0.4, -0.2) is 52.8 Å². The maximum absolute atomic E-state index is 13.0. The SMILES string of the molecule is Cc1ccc(C)c(C(=O)N2CCC(c3nc(C(=O)N4CCCCC4)c(C)o3)CC2)c1. The van der Waals surface area contributed by atoms with Crippen molar-refractivity contribution >= 4 is 11.8 Å². The molecule has 0 atom stereocenters. The second-order valence-corrected chi connectivity index (χ2v) is 8.69. The van der Waals surface area contributed by atoms with E-state index in [0.29, 0.717) is 30.4 Å². The van der Waals surface area contributed by atoms with Crippen LogP contribution in [0.3, 0.4) is 0 Å². The predicted molar refractivity (Wildman–Crippen MR) is 115 cm³/mol. The van der Waals surface area contributed by atoms with Crippen LogP contribution in [-0.2, 0) is 0 Å². The van der Waals surface area contributed by atoms with Gasteiger partial charge in [-0.15, -0.1) is 0 Å². The Morgan fingerprint density at radius 1 is 0.933 bits per heavy atom. The van der Waals surface area contributed by atoms with Crippen LogP contribution in [0.25, 0.3) is 0 Å². The quantitative estimate of drug-likeness (QED) is 0.760. The Morgan fingerprint density at radius 2 is 1.60 bits per heavy atom. The zero-order valence-electron chi connectivity index (χ0n) is 18.2. The number of rotatable bonds is 3. The van der Waals surface area contributed by atoms with Crippen molar-refractivity contribution in [2.45, 2.75) is 58.8 Å². The average molecular weight is 410 g/mol. The molecule has 2 aromatic rings. The molecule has 0 aliphatic carbocycles. The van der Waals surface area contributed by atoms with Gasteiger partial charge in [0.15, 0.2) is 11.6 Å². The van der Waals surface area contributed by atoms with Gasteiger partial charge in [0.2, 0.25) is 0 Å². The zero-order chi connectivity index (χ0) is 21.3. The Hall–Kier alpha value is -2.63. The summed E-state index contributed by atoms with van der Waals surface area (Å²) in [5, 5.41) is 0. The number of benzene rings is 1. The van der Waals surface area contributed by atoms with E-state index in [0.717, 1.165) is 55.5 Å². The summed E-state index contributed by atoms with van der Waals surface area (Å²) in [6, 6.07) is 6.01. The van der Waals surface area contributed by atoms with Gasteiger partial charge in [-0.1, -0.05) is 17.7 Å². The highest BCUT2D eigenvalue weighted by Gasteiger charge is 2.30. The largest absolute Gasteiger partial charge is 0.445 e. The molecule has 2 saturated heterocycles. The molecule has 1 aromatic carbocycles. The third-order valence-corrected chi connectivity index (χ3v) is 6.41. The summed E-state index contributed by atoms with van der Waals surface area (Å²) in [5.74, 6) is 1.49. The van der Waals surface area contributed by atoms with E-state index in [1.165, 1.54) is 6.42 Å².